The van der Waals surface area contributed by atoms with Crippen molar-refractivity contribution in [2.75, 3.05) is 26.8 Å². The van der Waals surface area contributed by atoms with E-state index in [-0.39, 0.29) is 6.03 Å². The van der Waals surface area contributed by atoms with E-state index in [1.54, 1.807) is 7.11 Å². The van der Waals surface area contributed by atoms with Gasteiger partial charge in [-0.1, -0.05) is 0 Å². The van der Waals surface area contributed by atoms with Crippen molar-refractivity contribution in [2.45, 2.75) is 31.7 Å². The first-order chi connectivity index (χ1) is 8.16. The van der Waals surface area contributed by atoms with Crippen molar-refractivity contribution in [3.8, 4) is 0 Å². The highest BCUT2D eigenvalue weighted by Gasteiger charge is 2.33. The van der Waals surface area contributed by atoms with Crippen molar-refractivity contribution < 1.29 is 19.4 Å². The minimum Gasteiger partial charge on any atom is -0.480 e. The average molecular weight is 244 g/mol. The van der Waals surface area contributed by atoms with Crippen LogP contribution in [-0.4, -0.2) is 54.9 Å². The zero-order valence-corrected chi connectivity index (χ0v) is 10.1. The van der Waals surface area contributed by atoms with Gasteiger partial charge in [-0.3, -0.25) is 0 Å². The van der Waals surface area contributed by atoms with E-state index >= 15 is 0 Å². The molecule has 2 N–H and O–H groups in total. The fourth-order valence-corrected chi connectivity index (χ4v) is 1.93. The van der Waals surface area contributed by atoms with Gasteiger partial charge in [-0.2, -0.15) is 0 Å². The van der Waals surface area contributed by atoms with Gasteiger partial charge in [-0.05, 0) is 25.7 Å². The number of carboxylic acids is 1. The average Bonchev–Trinajstić information content (AvgIpc) is 2.77. The topological polar surface area (TPSA) is 78.9 Å². The third-order valence-corrected chi connectivity index (χ3v) is 2.85. The van der Waals surface area contributed by atoms with Gasteiger partial charge in [0.25, 0.3) is 0 Å². The van der Waals surface area contributed by atoms with Gasteiger partial charge in [0.05, 0.1) is 0 Å². The maximum Gasteiger partial charge on any atom is 0.326 e. The molecule has 1 fully saturated rings. The fraction of sp³-hybridized carbons (Fsp3) is 0.818. The lowest BCUT2D eigenvalue weighted by Crippen LogP contribution is -2.46. The van der Waals surface area contributed by atoms with E-state index in [2.05, 4.69) is 5.32 Å². The number of urea groups is 1. The Balaban J connectivity index is 2.25. The van der Waals surface area contributed by atoms with Gasteiger partial charge >= 0.3 is 12.0 Å². The number of unbranched alkanes of at least 4 members (excludes halogenated alkanes) is 1. The molecule has 0 radical (unpaired) electrons. The maximum atomic E-state index is 11.7. The zero-order valence-electron chi connectivity index (χ0n) is 10.1. The van der Waals surface area contributed by atoms with Crippen LogP contribution in [0.2, 0.25) is 0 Å². The summed E-state index contributed by atoms with van der Waals surface area (Å²) in [4.78, 5) is 24.0. The molecule has 98 valence electrons. The van der Waals surface area contributed by atoms with Gasteiger partial charge in [0.15, 0.2) is 0 Å². The molecule has 1 heterocycles. The van der Waals surface area contributed by atoms with E-state index in [1.807, 2.05) is 0 Å². The number of ether oxygens (including phenoxy) is 1. The molecule has 0 aromatic heterocycles. The highest BCUT2D eigenvalue weighted by Crippen LogP contribution is 2.17. The summed E-state index contributed by atoms with van der Waals surface area (Å²) < 4.78 is 4.90. The van der Waals surface area contributed by atoms with Crippen LogP contribution in [0.3, 0.4) is 0 Å². The minimum absolute atomic E-state index is 0.271. The summed E-state index contributed by atoms with van der Waals surface area (Å²) in [6.45, 7) is 1.77. The highest BCUT2D eigenvalue weighted by molar-refractivity contribution is 5.83. The third-order valence-electron chi connectivity index (χ3n) is 2.85. The molecule has 0 aliphatic carbocycles. The van der Waals surface area contributed by atoms with Crippen LogP contribution < -0.4 is 5.32 Å². The number of hydrogen-bond acceptors (Lipinski definition) is 3. The first-order valence-corrected chi connectivity index (χ1v) is 5.93. The van der Waals surface area contributed by atoms with Crippen molar-refractivity contribution in [3.05, 3.63) is 0 Å². The molecule has 2 amide bonds. The van der Waals surface area contributed by atoms with E-state index < -0.39 is 12.0 Å². The van der Waals surface area contributed by atoms with Crippen molar-refractivity contribution in [2.24, 2.45) is 0 Å². The molecular formula is C11H20N2O4. The number of likely N-dealkylation sites (tertiary alicyclic amines) is 1. The third kappa shape index (κ3) is 4.22. The van der Waals surface area contributed by atoms with Crippen molar-refractivity contribution in [1.29, 1.82) is 0 Å². The Hall–Kier alpha value is -1.30. The summed E-state index contributed by atoms with van der Waals surface area (Å²) in [5.41, 5.74) is 0. The standard InChI is InChI=1S/C11H20N2O4/c1-17-8-3-2-6-12-11(16)13-7-4-5-9(13)10(14)15/h9H,2-8H2,1H3,(H,12,16)(H,14,15)/t9-/m0/s1. The molecule has 0 bridgehead atoms. The Labute approximate surface area is 101 Å². The molecule has 0 aromatic carbocycles. The molecule has 0 aromatic rings. The van der Waals surface area contributed by atoms with E-state index in [1.165, 1.54) is 4.90 Å². The zero-order chi connectivity index (χ0) is 12.7. The van der Waals surface area contributed by atoms with Crippen LogP contribution in [0, 0.1) is 0 Å². The number of rotatable bonds is 6. The summed E-state index contributed by atoms with van der Waals surface area (Å²) in [6.07, 6.45) is 3.03. The van der Waals surface area contributed by atoms with Gasteiger partial charge in [-0.15, -0.1) is 0 Å². The van der Waals surface area contributed by atoms with Crippen molar-refractivity contribution in [1.82, 2.24) is 10.2 Å². The maximum absolute atomic E-state index is 11.7. The molecule has 0 spiro atoms. The van der Waals surface area contributed by atoms with Crippen molar-refractivity contribution in [3.63, 3.8) is 0 Å². The second kappa shape index (κ2) is 7.11. The number of carboxylic acid groups (broad SMARTS) is 1. The molecule has 1 aliphatic rings. The normalized spacial score (nSPS) is 19.4. The Bertz CT molecular complexity index is 270. The van der Waals surface area contributed by atoms with Gasteiger partial charge < -0.3 is 20.1 Å². The van der Waals surface area contributed by atoms with Crippen LogP contribution >= 0.6 is 0 Å². The second-order valence-electron chi connectivity index (χ2n) is 4.12. The molecule has 6 nitrogen and oxygen atoms in total. The lowest BCUT2D eigenvalue weighted by Gasteiger charge is -2.21. The molecule has 6 heteroatoms. The number of nitrogens with one attached hydrogen (secondary N) is 1. The quantitative estimate of drug-likeness (QED) is 0.673. The van der Waals surface area contributed by atoms with Gasteiger partial charge in [0.1, 0.15) is 6.04 Å². The van der Waals surface area contributed by atoms with Crippen LogP contribution in [0.4, 0.5) is 4.79 Å². The van der Waals surface area contributed by atoms with Gasteiger partial charge in [0, 0.05) is 26.8 Å². The molecule has 1 rings (SSSR count). The van der Waals surface area contributed by atoms with Crippen molar-refractivity contribution >= 4 is 12.0 Å². The van der Waals surface area contributed by atoms with E-state index in [9.17, 15) is 9.59 Å². The molecule has 1 atom stereocenters. The number of aliphatic carboxylic acids is 1. The Morgan fingerprint density at radius 2 is 2.24 bits per heavy atom. The highest BCUT2D eigenvalue weighted by atomic mass is 16.5. The SMILES string of the molecule is COCCCCNC(=O)N1CCC[C@H]1C(=O)O. The molecule has 0 unspecified atom stereocenters. The Morgan fingerprint density at radius 3 is 2.88 bits per heavy atom. The summed E-state index contributed by atoms with van der Waals surface area (Å²) in [7, 11) is 1.64. The minimum atomic E-state index is -0.919. The fourth-order valence-electron chi connectivity index (χ4n) is 1.93. The molecule has 17 heavy (non-hydrogen) atoms. The van der Waals surface area contributed by atoms with Gasteiger partial charge in [-0.25, -0.2) is 9.59 Å². The second-order valence-corrected chi connectivity index (χ2v) is 4.12. The smallest absolute Gasteiger partial charge is 0.326 e. The number of hydrogen-bond donors (Lipinski definition) is 2. The van der Waals surface area contributed by atoms with Crippen LogP contribution in [0.5, 0.6) is 0 Å². The Kier molecular flexibility index (Phi) is 5.76. The summed E-state index contributed by atoms with van der Waals surface area (Å²) >= 11 is 0. The van der Waals surface area contributed by atoms with Crippen LogP contribution in [0.25, 0.3) is 0 Å². The summed E-state index contributed by atoms with van der Waals surface area (Å²) in [6, 6.07) is -0.929. The molecule has 0 saturated carbocycles. The monoisotopic (exact) mass is 244 g/mol. The lowest BCUT2D eigenvalue weighted by atomic mass is 10.2. The van der Waals surface area contributed by atoms with Crippen LogP contribution in [-0.2, 0) is 9.53 Å². The summed E-state index contributed by atoms with van der Waals surface area (Å²) in [5.74, 6) is -0.919. The van der Waals surface area contributed by atoms with Crippen LogP contribution in [0.15, 0.2) is 0 Å². The predicted molar refractivity (Wildman–Crippen MR) is 61.9 cm³/mol. The van der Waals surface area contributed by atoms with E-state index in [4.69, 9.17) is 9.84 Å². The number of carbonyl (C=O) groups excluding carboxylic acids is 1. The first kappa shape index (κ1) is 13.8. The number of amides is 2. The largest absolute Gasteiger partial charge is 0.480 e. The van der Waals surface area contributed by atoms with Gasteiger partial charge in [0.2, 0.25) is 0 Å². The van der Waals surface area contributed by atoms with Crippen LogP contribution in [0.1, 0.15) is 25.7 Å². The molecule has 1 aliphatic heterocycles. The first-order valence-electron chi connectivity index (χ1n) is 5.93. The predicted octanol–water partition coefficient (Wildman–Crippen LogP) is 0.672. The number of methoxy groups -OCH3 is 1. The molecular weight excluding hydrogens is 224 g/mol. The van der Waals surface area contributed by atoms with E-state index in [0.29, 0.717) is 26.1 Å². The van der Waals surface area contributed by atoms with E-state index in [0.717, 1.165) is 19.3 Å². The number of carbonyl (C=O) groups is 2. The summed E-state index contributed by atoms with van der Waals surface area (Å²) in [5, 5.41) is 11.7. The molecule has 1 saturated heterocycles. The Morgan fingerprint density at radius 1 is 1.47 bits per heavy atom. The lowest BCUT2D eigenvalue weighted by molar-refractivity contribution is -0.141. The number of nitrogens with zero attached hydrogens (tertiary/aromatic N) is 1.